The van der Waals surface area contributed by atoms with Crippen LogP contribution in [0, 0.1) is 0 Å². The monoisotopic (exact) mass is 322 g/mol. The minimum Gasteiger partial charge on any atom is -0.153 e. The molecule has 0 bridgehead atoms. The van der Waals surface area contributed by atoms with Crippen LogP contribution in [-0.4, -0.2) is 0 Å². The summed E-state index contributed by atoms with van der Waals surface area (Å²) in [7, 11) is 0. The Labute approximate surface area is 108 Å². The maximum Gasteiger partial charge on any atom is -0.147 e. The maximum atomic E-state index is 0. The maximum absolute atomic E-state index is 0. The second-order valence-corrected chi connectivity index (χ2v) is 0. The molecule has 0 fully saturated rings. The molecule has 9 heavy (non-hydrogen) atoms. The molecule has 1 unspecified atom stereocenters. The van der Waals surface area contributed by atoms with Crippen LogP contribution in [-0.2, 0) is 0 Å². The van der Waals surface area contributed by atoms with Gasteiger partial charge in [-0.15, -0.1) is 99.3 Å². The summed E-state index contributed by atoms with van der Waals surface area (Å²) in [4.78, 5) is 0. The smallest absolute Gasteiger partial charge is 0.147 e. The third-order valence-corrected chi connectivity index (χ3v) is 0. The highest BCUT2D eigenvalue weighted by atomic mass is 35.5. The highest BCUT2D eigenvalue weighted by Crippen LogP contribution is 0.861. The predicted molar refractivity (Wildman–Crippen MR) is 69.1 cm³/mol. The molecule has 0 aromatic carbocycles. The number of halogens is 8. The SMILES string of the molecule is Cl.Cl.Cl.Cl.Cl.Cl.Cl.Cl.P. The average Bonchev–Trinajstić information content (AvgIpc) is 0. The van der Waals surface area contributed by atoms with Crippen molar-refractivity contribution in [1.29, 1.82) is 0 Å². The molecule has 0 aliphatic rings. The van der Waals surface area contributed by atoms with Gasteiger partial charge in [0.2, 0.25) is 0 Å². The van der Waals surface area contributed by atoms with Crippen molar-refractivity contribution >= 4 is 109 Å². The molecule has 0 aromatic rings. The first kappa shape index (κ1) is 180. The van der Waals surface area contributed by atoms with E-state index in [1.165, 1.54) is 0 Å². The molecule has 0 rings (SSSR count). The fraction of sp³-hybridized carbons (Fsp3) is 0. The molecule has 9 heteroatoms. The lowest BCUT2D eigenvalue weighted by Crippen LogP contribution is 0.688. The van der Waals surface area contributed by atoms with Gasteiger partial charge in [-0.05, 0) is 0 Å². The molecule has 0 N–H and O–H groups in total. The summed E-state index contributed by atoms with van der Waals surface area (Å²) in [6.45, 7) is 0. The molecule has 0 saturated heterocycles. The third kappa shape index (κ3) is 109. The first-order valence-electron chi connectivity index (χ1n) is 0. The van der Waals surface area contributed by atoms with Crippen molar-refractivity contribution < 1.29 is 0 Å². The van der Waals surface area contributed by atoms with Crippen LogP contribution in [0.4, 0.5) is 0 Å². The van der Waals surface area contributed by atoms with Crippen LogP contribution >= 0.6 is 109 Å². The molecule has 0 radical (unpaired) electrons. The molecule has 0 aliphatic carbocycles. The molecule has 72 valence electrons. The lowest BCUT2D eigenvalue weighted by atomic mass is 31.0. The van der Waals surface area contributed by atoms with Gasteiger partial charge in [-0.2, -0.15) is 9.90 Å². The zero-order valence-corrected chi connectivity index (χ0v) is 11.9. The minimum atomic E-state index is 0. The average molecular weight is 326 g/mol. The van der Waals surface area contributed by atoms with E-state index in [0.717, 1.165) is 0 Å². The molecular weight excluding hydrogens is 315 g/mol. The largest absolute Gasteiger partial charge is 0.153 e. The van der Waals surface area contributed by atoms with Crippen LogP contribution in [0.2, 0.25) is 0 Å². The van der Waals surface area contributed by atoms with Gasteiger partial charge in [-0.25, -0.2) is 0 Å². The Bertz CT molecular complexity index is 4.53. The van der Waals surface area contributed by atoms with Crippen LogP contribution < -0.4 is 0 Å². The van der Waals surface area contributed by atoms with E-state index >= 15 is 0 Å². The Hall–Kier alpha value is 2.75. The van der Waals surface area contributed by atoms with Crippen molar-refractivity contribution in [3.63, 3.8) is 0 Å². The molecule has 0 amide bonds. The van der Waals surface area contributed by atoms with Gasteiger partial charge in [-0.3, -0.25) is 0 Å². The van der Waals surface area contributed by atoms with Gasteiger partial charge < -0.3 is 0 Å². The first-order chi connectivity index (χ1) is 0. The minimum absolute atomic E-state index is 0. The zero-order chi connectivity index (χ0) is 0. The topological polar surface area (TPSA) is 0 Å². The van der Waals surface area contributed by atoms with E-state index in [0.29, 0.717) is 0 Å². The van der Waals surface area contributed by atoms with Gasteiger partial charge in [0.05, 0.1) is 0 Å². The molecule has 1 atom stereocenters. The standard InChI is InChI=1S/8ClH.H3P/h8*1H;1H3. The number of rotatable bonds is 0. The second-order valence-electron chi connectivity index (χ2n) is 0. The van der Waals surface area contributed by atoms with E-state index in [4.69, 9.17) is 0 Å². The summed E-state index contributed by atoms with van der Waals surface area (Å²) < 4.78 is 0. The van der Waals surface area contributed by atoms with Crippen molar-refractivity contribution in [1.82, 2.24) is 0 Å². The summed E-state index contributed by atoms with van der Waals surface area (Å²) in [5.74, 6) is 0. The van der Waals surface area contributed by atoms with Gasteiger partial charge >= 0.3 is 0 Å². The Kier molecular flexibility index (Phi) is 2700. The highest BCUT2D eigenvalue weighted by molar-refractivity contribution is 6.92. The van der Waals surface area contributed by atoms with E-state index in [1.54, 1.807) is 0 Å². The van der Waals surface area contributed by atoms with Crippen LogP contribution in [0.25, 0.3) is 0 Å². The first-order valence-corrected chi connectivity index (χ1v) is 0. The lowest BCUT2D eigenvalue weighted by Gasteiger charge is -0.154. The Morgan fingerprint density at radius 2 is 0.222 bits per heavy atom. The molecular formula is H11Cl8P. The summed E-state index contributed by atoms with van der Waals surface area (Å²) in [6, 6.07) is 0. The number of hydrogen-bond donors (Lipinski definition) is 0. The summed E-state index contributed by atoms with van der Waals surface area (Å²) in [6.07, 6.45) is 0. The molecule has 0 aliphatic heterocycles. The van der Waals surface area contributed by atoms with Crippen LogP contribution in [0.3, 0.4) is 0 Å². The lowest BCUT2D eigenvalue weighted by molar-refractivity contribution is 5.85. The van der Waals surface area contributed by atoms with Crippen molar-refractivity contribution in [3.05, 3.63) is 0 Å². The van der Waals surface area contributed by atoms with Crippen molar-refractivity contribution in [2.24, 2.45) is 0 Å². The Morgan fingerprint density at radius 3 is 0.222 bits per heavy atom. The van der Waals surface area contributed by atoms with E-state index in [2.05, 4.69) is 0 Å². The summed E-state index contributed by atoms with van der Waals surface area (Å²) >= 11 is 0. The van der Waals surface area contributed by atoms with E-state index < -0.39 is 0 Å². The number of hydrogen-bond acceptors (Lipinski definition) is 0. The van der Waals surface area contributed by atoms with Gasteiger partial charge in [0.1, 0.15) is 0 Å². The van der Waals surface area contributed by atoms with Gasteiger partial charge in [-0.1, -0.05) is 0 Å². The summed E-state index contributed by atoms with van der Waals surface area (Å²) in [5.41, 5.74) is 0. The molecule has 0 aromatic heterocycles. The molecule has 0 nitrogen and oxygen atoms in total. The van der Waals surface area contributed by atoms with Gasteiger partial charge in [0, 0.05) is 0 Å². The quantitative estimate of drug-likeness (QED) is 0.599. The molecule has 0 spiro atoms. The molecule has 0 saturated carbocycles. The van der Waals surface area contributed by atoms with Gasteiger partial charge in [0.15, 0.2) is 0 Å². The second kappa shape index (κ2) is 135. The normalized spacial score (nSPS) is 0. The van der Waals surface area contributed by atoms with Crippen LogP contribution in [0.5, 0.6) is 0 Å². The predicted octanol–water partition coefficient (Wildman–Crippen LogP) is 3.43. The third-order valence-electron chi connectivity index (χ3n) is 0. The van der Waals surface area contributed by atoms with Crippen molar-refractivity contribution in [2.75, 3.05) is 0 Å². The van der Waals surface area contributed by atoms with Crippen LogP contribution in [0.1, 0.15) is 0 Å². The van der Waals surface area contributed by atoms with Gasteiger partial charge in [0.25, 0.3) is 0 Å². The zero-order valence-electron chi connectivity index (χ0n) is 3.97. The van der Waals surface area contributed by atoms with Crippen LogP contribution in [0.15, 0.2) is 0 Å². The van der Waals surface area contributed by atoms with E-state index in [-0.39, 0.29) is 109 Å². The Morgan fingerprint density at radius 1 is 0.222 bits per heavy atom. The van der Waals surface area contributed by atoms with Crippen molar-refractivity contribution in [3.8, 4) is 0 Å². The summed E-state index contributed by atoms with van der Waals surface area (Å²) in [5, 5.41) is 0. The molecule has 0 heterocycles. The fourth-order valence-electron chi connectivity index (χ4n) is 0. The van der Waals surface area contributed by atoms with E-state index in [1.807, 2.05) is 0 Å². The highest BCUT2D eigenvalue weighted by Gasteiger charge is -0.139. The Balaban J connectivity index is 0. The van der Waals surface area contributed by atoms with Crippen molar-refractivity contribution in [2.45, 2.75) is 0 Å². The fourth-order valence-corrected chi connectivity index (χ4v) is 0. The van der Waals surface area contributed by atoms with E-state index in [9.17, 15) is 0 Å².